The molecule has 8 nitrogen and oxygen atoms in total. The fourth-order valence-corrected chi connectivity index (χ4v) is 6.73. The van der Waals surface area contributed by atoms with E-state index in [9.17, 15) is 4.79 Å². The summed E-state index contributed by atoms with van der Waals surface area (Å²) < 4.78 is 19.7. The molecule has 0 radical (unpaired) electrons. The smallest absolute Gasteiger partial charge is 0.256 e. The van der Waals surface area contributed by atoms with Crippen LogP contribution in [0.2, 0.25) is 0 Å². The van der Waals surface area contributed by atoms with Crippen molar-refractivity contribution in [2.75, 3.05) is 30.9 Å². The predicted molar refractivity (Wildman–Crippen MR) is 230 cm³/mol. The SMILES string of the molecule is CC(C)CCC[C@H](C)CCOc1cc(C(=O)Nc2cccnc2-c2ncccc2N)cc(OCC[C@@H](C)CCCC(C)C)c1OCC[C@@H](C)CCCC(C)C. The first-order valence-electron chi connectivity index (χ1n) is 21.4. The Labute approximate surface area is 334 Å². The maximum Gasteiger partial charge on any atom is 0.256 e. The Balaban J connectivity index is 1.91. The third-order valence-corrected chi connectivity index (χ3v) is 10.4. The molecule has 1 aromatic carbocycles. The molecule has 0 saturated carbocycles. The van der Waals surface area contributed by atoms with Gasteiger partial charge < -0.3 is 25.3 Å². The van der Waals surface area contributed by atoms with E-state index in [1.807, 2.05) is 6.07 Å². The molecule has 0 unspecified atom stereocenters. The quantitative estimate of drug-likeness (QED) is 0.0796. The number of amides is 1. The van der Waals surface area contributed by atoms with Crippen molar-refractivity contribution in [3.05, 3.63) is 54.4 Å². The van der Waals surface area contributed by atoms with Gasteiger partial charge in [-0.2, -0.15) is 0 Å². The van der Waals surface area contributed by atoms with Crippen molar-refractivity contribution < 1.29 is 19.0 Å². The summed E-state index contributed by atoms with van der Waals surface area (Å²) in [4.78, 5) is 23.1. The molecule has 0 aliphatic rings. The second kappa shape index (κ2) is 24.7. The molecule has 1 amide bonds. The predicted octanol–water partition coefficient (Wildman–Crippen LogP) is 12.7. The molecule has 0 aliphatic carbocycles. The van der Waals surface area contributed by atoms with Gasteiger partial charge >= 0.3 is 0 Å². The number of pyridine rings is 2. The number of hydrogen-bond acceptors (Lipinski definition) is 7. The van der Waals surface area contributed by atoms with Crippen LogP contribution in [0.25, 0.3) is 11.4 Å². The summed E-state index contributed by atoms with van der Waals surface area (Å²) in [6.07, 6.45) is 17.0. The van der Waals surface area contributed by atoms with Gasteiger partial charge in [0, 0.05) is 18.0 Å². The summed E-state index contributed by atoms with van der Waals surface area (Å²) in [5.74, 6) is 5.06. The molecule has 2 heterocycles. The van der Waals surface area contributed by atoms with Crippen LogP contribution in [0.5, 0.6) is 17.2 Å². The van der Waals surface area contributed by atoms with Crippen molar-refractivity contribution in [2.24, 2.45) is 35.5 Å². The van der Waals surface area contributed by atoms with Crippen LogP contribution in [0, 0.1) is 35.5 Å². The van der Waals surface area contributed by atoms with Crippen molar-refractivity contribution in [3.8, 4) is 28.6 Å². The van der Waals surface area contributed by atoms with Crippen LogP contribution in [0.15, 0.2) is 48.8 Å². The van der Waals surface area contributed by atoms with Crippen LogP contribution in [0.3, 0.4) is 0 Å². The highest BCUT2D eigenvalue weighted by atomic mass is 16.5. The van der Waals surface area contributed by atoms with E-state index in [-0.39, 0.29) is 5.91 Å². The lowest BCUT2D eigenvalue weighted by molar-refractivity contribution is 0.102. The van der Waals surface area contributed by atoms with Gasteiger partial charge in [0.1, 0.15) is 11.4 Å². The van der Waals surface area contributed by atoms with Crippen molar-refractivity contribution in [1.29, 1.82) is 0 Å². The van der Waals surface area contributed by atoms with E-state index in [0.29, 0.717) is 101 Å². The first-order valence-corrected chi connectivity index (χ1v) is 21.4. The van der Waals surface area contributed by atoms with Gasteiger partial charge in [0.15, 0.2) is 11.5 Å². The van der Waals surface area contributed by atoms with Gasteiger partial charge in [-0.15, -0.1) is 0 Å². The molecule has 306 valence electrons. The molecule has 3 atom stereocenters. The van der Waals surface area contributed by atoms with E-state index >= 15 is 0 Å². The molecule has 0 aliphatic heterocycles. The maximum atomic E-state index is 14.1. The fourth-order valence-electron chi connectivity index (χ4n) is 6.73. The number of nitrogen functional groups attached to an aromatic ring is 1. The topological polar surface area (TPSA) is 109 Å². The molecule has 0 bridgehead atoms. The van der Waals surface area contributed by atoms with Crippen LogP contribution in [0.1, 0.15) is 150 Å². The first-order chi connectivity index (χ1) is 26.3. The number of rotatable bonds is 27. The van der Waals surface area contributed by atoms with Gasteiger partial charge in [-0.1, -0.05) is 120 Å². The number of carbonyl (C=O) groups is 1. The Morgan fingerprint density at radius 1 is 0.600 bits per heavy atom. The van der Waals surface area contributed by atoms with E-state index in [1.54, 1.807) is 42.7 Å². The highest BCUT2D eigenvalue weighted by Crippen LogP contribution is 2.40. The van der Waals surface area contributed by atoms with Crippen molar-refractivity contribution >= 4 is 17.3 Å². The highest BCUT2D eigenvalue weighted by molar-refractivity contribution is 6.06. The van der Waals surface area contributed by atoms with Crippen LogP contribution >= 0.6 is 0 Å². The maximum absolute atomic E-state index is 14.1. The molecule has 3 N–H and O–H groups in total. The Morgan fingerprint density at radius 3 is 1.49 bits per heavy atom. The van der Waals surface area contributed by atoms with Crippen LogP contribution in [0.4, 0.5) is 11.4 Å². The average Bonchev–Trinajstić information content (AvgIpc) is 3.12. The molecule has 55 heavy (non-hydrogen) atoms. The lowest BCUT2D eigenvalue weighted by atomic mass is 9.97. The standard InChI is InChI=1S/C47H74N4O4/c1-33(2)15-10-18-36(7)23-28-53-42-31-39(47(52)51-41-22-14-27-50-45(41)44-40(48)21-13-26-49-44)32-43(54-29-24-37(8)19-11-16-34(3)4)46(42)55-30-25-38(9)20-12-17-35(5)6/h13-14,21-22,26-27,31-38H,10-12,15-20,23-25,28-30,48H2,1-9H3,(H,51,52)/t36-,37-,38-/m0/s1. The van der Waals surface area contributed by atoms with Crippen LogP contribution in [-0.4, -0.2) is 35.7 Å². The third kappa shape index (κ3) is 17.3. The summed E-state index contributed by atoms with van der Waals surface area (Å²) in [6.45, 7) is 22.2. The molecule has 0 spiro atoms. The normalized spacial score (nSPS) is 13.2. The number of nitrogens with two attached hydrogens (primary N) is 1. The zero-order valence-electron chi connectivity index (χ0n) is 35.8. The van der Waals surface area contributed by atoms with Gasteiger partial charge in [-0.25, -0.2) is 0 Å². The molecule has 8 heteroatoms. The van der Waals surface area contributed by atoms with E-state index in [0.717, 1.165) is 19.3 Å². The number of aromatic nitrogens is 2. The number of nitrogens with zero attached hydrogens (tertiary/aromatic N) is 2. The molecule has 0 saturated heterocycles. The van der Waals surface area contributed by atoms with E-state index in [1.165, 1.54) is 57.8 Å². The largest absolute Gasteiger partial charge is 0.490 e. The van der Waals surface area contributed by atoms with Gasteiger partial charge in [0.2, 0.25) is 5.75 Å². The summed E-state index contributed by atoms with van der Waals surface area (Å²) in [5.41, 5.74) is 8.69. The van der Waals surface area contributed by atoms with E-state index in [4.69, 9.17) is 19.9 Å². The van der Waals surface area contributed by atoms with E-state index in [2.05, 4.69) is 77.6 Å². The third-order valence-electron chi connectivity index (χ3n) is 10.4. The van der Waals surface area contributed by atoms with Gasteiger partial charge in [0.25, 0.3) is 5.91 Å². The number of benzene rings is 1. The molecule has 0 fully saturated rings. The summed E-state index contributed by atoms with van der Waals surface area (Å²) in [5, 5.41) is 3.08. The zero-order valence-corrected chi connectivity index (χ0v) is 35.8. The Hall–Kier alpha value is -3.81. The second-order valence-corrected chi connectivity index (χ2v) is 17.3. The minimum absolute atomic E-state index is 0.312. The average molecular weight is 759 g/mol. The molecule has 3 aromatic rings. The number of nitrogens with one attached hydrogen (secondary N) is 1. The van der Waals surface area contributed by atoms with Crippen molar-refractivity contribution in [3.63, 3.8) is 0 Å². The Kier molecular flexibility index (Phi) is 20.4. The van der Waals surface area contributed by atoms with Crippen molar-refractivity contribution in [1.82, 2.24) is 9.97 Å². The lowest BCUT2D eigenvalue weighted by Gasteiger charge is -2.21. The summed E-state index contributed by atoms with van der Waals surface area (Å²) in [7, 11) is 0. The van der Waals surface area contributed by atoms with Crippen molar-refractivity contribution in [2.45, 2.75) is 139 Å². The summed E-state index contributed by atoms with van der Waals surface area (Å²) in [6, 6.07) is 10.7. The minimum Gasteiger partial charge on any atom is -0.490 e. The monoisotopic (exact) mass is 759 g/mol. The number of ether oxygens (including phenoxy) is 3. The fraction of sp³-hybridized carbons (Fsp3) is 0.638. The zero-order chi connectivity index (χ0) is 40.2. The summed E-state index contributed by atoms with van der Waals surface area (Å²) >= 11 is 0. The van der Waals surface area contributed by atoms with E-state index < -0.39 is 0 Å². The van der Waals surface area contributed by atoms with Gasteiger partial charge in [-0.05, 0) is 91.2 Å². The number of anilines is 2. The number of carbonyl (C=O) groups excluding carboxylic acids is 1. The number of hydrogen-bond donors (Lipinski definition) is 2. The Morgan fingerprint density at radius 2 is 1.04 bits per heavy atom. The van der Waals surface area contributed by atoms with Gasteiger partial charge in [0.05, 0.1) is 31.2 Å². The molecule has 3 rings (SSSR count). The van der Waals surface area contributed by atoms with Crippen LogP contribution < -0.4 is 25.3 Å². The van der Waals surface area contributed by atoms with Crippen LogP contribution in [-0.2, 0) is 0 Å². The molecular formula is C47H74N4O4. The highest BCUT2D eigenvalue weighted by Gasteiger charge is 2.22. The van der Waals surface area contributed by atoms with Gasteiger partial charge in [-0.3, -0.25) is 14.8 Å². The molecule has 2 aromatic heterocycles. The Bertz CT molecular complexity index is 1490. The molecular weight excluding hydrogens is 685 g/mol. The first kappa shape index (κ1) is 45.6. The second-order valence-electron chi connectivity index (χ2n) is 17.3. The minimum atomic E-state index is -0.312. The lowest BCUT2D eigenvalue weighted by Crippen LogP contribution is -2.15.